The number of ether oxygens (including phenoxy) is 1. The van der Waals surface area contributed by atoms with Crippen LogP contribution in [0.15, 0.2) is 78.1 Å². The van der Waals surface area contributed by atoms with Crippen LogP contribution in [-0.2, 0) is 15.8 Å². The molecule has 1 atom stereocenters. The number of anilines is 1. The van der Waals surface area contributed by atoms with Gasteiger partial charge in [0.25, 0.3) is 5.91 Å². The average molecular weight is 444 g/mol. The number of alkyl halides is 3. The predicted molar refractivity (Wildman–Crippen MR) is 112 cm³/mol. The summed E-state index contributed by atoms with van der Waals surface area (Å²) < 4.78 is 43.6. The molecule has 0 aliphatic carbocycles. The summed E-state index contributed by atoms with van der Waals surface area (Å²) in [7, 11) is 0. The van der Waals surface area contributed by atoms with Crippen molar-refractivity contribution >= 4 is 17.4 Å². The highest BCUT2D eigenvalue weighted by Gasteiger charge is 2.30. The number of benzene rings is 2. The van der Waals surface area contributed by atoms with Gasteiger partial charge >= 0.3 is 6.18 Å². The molecule has 0 aliphatic rings. The molecule has 0 bridgehead atoms. The van der Waals surface area contributed by atoms with Gasteiger partial charge in [0.15, 0.2) is 5.84 Å². The highest BCUT2D eigenvalue weighted by Crippen LogP contribution is 2.29. The maximum absolute atomic E-state index is 12.6. The summed E-state index contributed by atoms with van der Waals surface area (Å²) in [5.41, 5.74) is 5.69. The molecule has 3 N–H and O–H groups in total. The first-order valence-electron chi connectivity index (χ1n) is 9.40. The van der Waals surface area contributed by atoms with E-state index in [9.17, 15) is 18.0 Å². The molecule has 0 saturated carbocycles. The van der Waals surface area contributed by atoms with Gasteiger partial charge in [-0.2, -0.15) is 13.2 Å². The van der Waals surface area contributed by atoms with Gasteiger partial charge in [0, 0.05) is 11.9 Å². The molecule has 1 unspecified atom stereocenters. The van der Waals surface area contributed by atoms with Crippen LogP contribution in [-0.4, -0.2) is 22.8 Å². The lowest BCUT2D eigenvalue weighted by Gasteiger charge is -2.13. The number of pyridine rings is 1. The van der Waals surface area contributed by atoms with E-state index < -0.39 is 23.8 Å². The van der Waals surface area contributed by atoms with E-state index in [4.69, 9.17) is 15.3 Å². The van der Waals surface area contributed by atoms with Crippen molar-refractivity contribution in [3.63, 3.8) is 0 Å². The van der Waals surface area contributed by atoms with Crippen molar-refractivity contribution in [2.24, 2.45) is 10.9 Å². The maximum Gasteiger partial charge on any atom is 0.416 e. The van der Waals surface area contributed by atoms with Gasteiger partial charge in [0.1, 0.15) is 5.75 Å². The van der Waals surface area contributed by atoms with Crippen molar-refractivity contribution in [3.8, 4) is 11.6 Å². The number of nitrogens with one attached hydrogen (secondary N) is 1. The summed E-state index contributed by atoms with van der Waals surface area (Å²) >= 11 is 0. The minimum absolute atomic E-state index is 0.0711. The Morgan fingerprint density at radius 2 is 1.75 bits per heavy atom. The first kappa shape index (κ1) is 22.6. The molecule has 3 rings (SSSR count). The van der Waals surface area contributed by atoms with E-state index in [1.165, 1.54) is 13.1 Å². The number of hydrogen-bond donors (Lipinski definition) is 2. The summed E-state index contributed by atoms with van der Waals surface area (Å²) in [5.74, 6) is 0.0577. The maximum atomic E-state index is 12.6. The Balaban J connectivity index is 1.64. The fourth-order valence-electron chi connectivity index (χ4n) is 2.49. The van der Waals surface area contributed by atoms with Crippen LogP contribution < -0.4 is 15.8 Å². The Bertz CT molecular complexity index is 1090. The fraction of sp³-hybridized carbons (Fsp3) is 0.136. The van der Waals surface area contributed by atoms with Gasteiger partial charge in [-0.1, -0.05) is 23.4 Å². The first-order valence-corrected chi connectivity index (χ1v) is 9.40. The molecule has 2 aromatic carbocycles. The molecule has 1 aromatic heterocycles. The van der Waals surface area contributed by atoms with E-state index >= 15 is 0 Å². The molecule has 0 radical (unpaired) electrons. The zero-order chi connectivity index (χ0) is 23.1. The SMILES string of the molecule is CC(O/N=C(\N)c1cccnc1Oc1ccccc1)C(=O)Nc1ccc(C(F)(F)F)cc1. The minimum Gasteiger partial charge on any atom is -0.438 e. The van der Waals surface area contributed by atoms with Gasteiger partial charge in [-0.3, -0.25) is 4.79 Å². The highest BCUT2D eigenvalue weighted by molar-refractivity contribution is 5.99. The molecule has 1 amide bonds. The number of nitrogens with zero attached hydrogens (tertiary/aromatic N) is 2. The van der Waals surface area contributed by atoms with E-state index in [-0.39, 0.29) is 17.4 Å². The Morgan fingerprint density at radius 3 is 2.41 bits per heavy atom. The van der Waals surface area contributed by atoms with Gasteiger partial charge in [0.2, 0.25) is 12.0 Å². The largest absolute Gasteiger partial charge is 0.438 e. The van der Waals surface area contributed by atoms with E-state index in [1.54, 1.807) is 36.4 Å². The van der Waals surface area contributed by atoms with E-state index in [1.807, 2.05) is 6.07 Å². The van der Waals surface area contributed by atoms with Crippen LogP contribution in [0.4, 0.5) is 18.9 Å². The minimum atomic E-state index is -4.46. The van der Waals surface area contributed by atoms with Crippen LogP contribution in [0.5, 0.6) is 11.6 Å². The molecule has 32 heavy (non-hydrogen) atoms. The molecular weight excluding hydrogens is 425 g/mol. The standard InChI is InChI=1S/C22H19F3N4O3/c1-14(20(30)28-16-11-9-15(10-12-16)22(23,24)25)32-29-19(26)18-8-5-13-27-21(18)31-17-6-3-2-4-7-17/h2-14H,1H3,(H2,26,29)(H,28,30). The van der Waals surface area contributed by atoms with Gasteiger partial charge in [-0.25, -0.2) is 4.98 Å². The summed E-state index contributed by atoms with van der Waals surface area (Å²) in [6.07, 6.45) is -4.01. The van der Waals surface area contributed by atoms with Crippen LogP contribution in [0.1, 0.15) is 18.1 Å². The third-order valence-electron chi connectivity index (χ3n) is 4.16. The van der Waals surface area contributed by atoms with Gasteiger partial charge in [-0.15, -0.1) is 0 Å². The quantitative estimate of drug-likeness (QED) is 0.316. The molecule has 166 valence electrons. The number of para-hydroxylation sites is 1. The monoisotopic (exact) mass is 444 g/mol. The zero-order valence-corrected chi connectivity index (χ0v) is 16.8. The molecule has 1 heterocycles. The summed E-state index contributed by atoms with van der Waals surface area (Å²) in [5, 5.41) is 6.22. The van der Waals surface area contributed by atoms with Crippen molar-refractivity contribution < 1.29 is 27.5 Å². The Morgan fingerprint density at radius 1 is 1.06 bits per heavy atom. The number of carbonyl (C=O) groups excluding carboxylic acids is 1. The summed E-state index contributed by atoms with van der Waals surface area (Å²) in [6, 6.07) is 16.2. The number of aromatic nitrogens is 1. The Hall–Kier alpha value is -4.08. The van der Waals surface area contributed by atoms with Crippen molar-refractivity contribution in [2.45, 2.75) is 19.2 Å². The van der Waals surface area contributed by atoms with Crippen molar-refractivity contribution in [3.05, 3.63) is 84.1 Å². The number of amides is 1. The molecular formula is C22H19F3N4O3. The molecule has 0 fully saturated rings. The lowest BCUT2D eigenvalue weighted by Crippen LogP contribution is -2.27. The lowest BCUT2D eigenvalue weighted by atomic mass is 10.2. The van der Waals surface area contributed by atoms with Crippen molar-refractivity contribution in [2.75, 3.05) is 5.32 Å². The molecule has 10 heteroatoms. The number of nitrogens with two attached hydrogens (primary N) is 1. The van der Waals surface area contributed by atoms with Gasteiger partial charge in [0.05, 0.1) is 11.1 Å². The number of amidine groups is 1. The van der Waals surface area contributed by atoms with Crippen LogP contribution in [0.2, 0.25) is 0 Å². The number of rotatable bonds is 7. The third kappa shape index (κ3) is 5.97. The second-order valence-electron chi connectivity index (χ2n) is 6.56. The smallest absolute Gasteiger partial charge is 0.416 e. The molecule has 0 spiro atoms. The molecule has 7 nitrogen and oxygen atoms in total. The summed E-state index contributed by atoms with van der Waals surface area (Å²) in [6.45, 7) is 1.42. The average Bonchev–Trinajstić information content (AvgIpc) is 2.78. The normalized spacial score (nSPS) is 12.7. The van der Waals surface area contributed by atoms with Crippen LogP contribution in [0.25, 0.3) is 0 Å². The van der Waals surface area contributed by atoms with Crippen LogP contribution in [0.3, 0.4) is 0 Å². The number of oxime groups is 1. The lowest BCUT2D eigenvalue weighted by molar-refractivity contribution is -0.137. The number of carbonyl (C=O) groups is 1. The number of halogens is 3. The molecule has 3 aromatic rings. The van der Waals surface area contributed by atoms with E-state index in [2.05, 4.69) is 15.5 Å². The zero-order valence-electron chi connectivity index (χ0n) is 16.8. The predicted octanol–water partition coefficient (Wildman–Crippen LogP) is 4.56. The second-order valence-corrected chi connectivity index (χ2v) is 6.56. The second kappa shape index (κ2) is 9.82. The topological polar surface area (TPSA) is 98.8 Å². The van der Waals surface area contributed by atoms with Crippen LogP contribution >= 0.6 is 0 Å². The Kier molecular flexibility index (Phi) is 6.93. The molecule has 0 saturated heterocycles. The highest BCUT2D eigenvalue weighted by atomic mass is 19.4. The van der Waals surface area contributed by atoms with Crippen molar-refractivity contribution in [1.82, 2.24) is 4.98 Å². The fourth-order valence-corrected chi connectivity index (χ4v) is 2.49. The number of hydrogen-bond acceptors (Lipinski definition) is 5. The van der Waals surface area contributed by atoms with Crippen molar-refractivity contribution in [1.29, 1.82) is 0 Å². The van der Waals surface area contributed by atoms with E-state index in [0.717, 1.165) is 24.3 Å². The van der Waals surface area contributed by atoms with E-state index in [0.29, 0.717) is 11.3 Å². The first-order chi connectivity index (χ1) is 15.2. The summed E-state index contributed by atoms with van der Waals surface area (Å²) in [4.78, 5) is 21.5. The van der Waals surface area contributed by atoms with Gasteiger partial charge < -0.3 is 20.6 Å². The van der Waals surface area contributed by atoms with Crippen LogP contribution in [0, 0.1) is 0 Å². The molecule has 0 aliphatic heterocycles. The Labute approximate surface area is 181 Å². The van der Waals surface area contributed by atoms with Gasteiger partial charge in [-0.05, 0) is 55.5 Å². The third-order valence-corrected chi connectivity index (χ3v) is 4.16.